The van der Waals surface area contributed by atoms with Gasteiger partial charge in [0.1, 0.15) is 0 Å². The minimum absolute atomic E-state index is 0.0196. The molecule has 0 radical (unpaired) electrons. The first kappa shape index (κ1) is 20.7. The van der Waals surface area contributed by atoms with Crippen LogP contribution in [0.1, 0.15) is 46.8 Å². The molecular formula is C21H23NO4S. The lowest BCUT2D eigenvalue weighted by molar-refractivity contribution is -0.137. The molecule has 2 aromatic carbocycles. The summed E-state index contributed by atoms with van der Waals surface area (Å²) in [4.78, 5) is 36.7. The maximum atomic E-state index is 12.3. The van der Waals surface area contributed by atoms with Gasteiger partial charge in [-0.25, -0.2) is 0 Å². The van der Waals surface area contributed by atoms with Crippen molar-refractivity contribution in [3.8, 4) is 0 Å². The number of carbonyl (C=O) groups is 3. The number of aliphatic carboxylic acids is 1. The lowest BCUT2D eigenvalue weighted by atomic mass is 10.0. The Morgan fingerprint density at radius 2 is 1.63 bits per heavy atom. The molecular weight excluding hydrogens is 362 g/mol. The number of carboxylic acid groups (broad SMARTS) is 1. The van der Waals surface area contributed by atoms with Crippen LogP contribution < -0.4 is 5.32 Å². The molecule has 0 fully saturated rings. The Kier molecular flexibility index (Phi) is 7.61. The summed E-state index contributed by atoms with van der Waals surface area (Å²) in [5, 5.41) is 11.9. The van der Waals surface area contributed by atoms with Crippen LogP contribution in [0.3, 0.4) is 0 Å². The fourth-order valence-electron chi connectivity index (χ4n) is 2.64. The number of carbonyl (C=O) groups excluding carboxylic acids is 2. The number of benzene rings is 2. The van der Waals surface area contributed by atoms with E-state index in [4.69, 9.17) is 5.11 Å². The van der Waals surface area contributed by atoms with E-state index in [0.29, 0.717) is 5.56 Å². The standard InChI is InChI=1S/C21H23NO4S/c1-14-3-5-16(6-4-14)19(23)11-12-20(24)22-18(13-21(25)26)15-7-9-17(27-2)10-8-15/h3-10,18H,11-13H2,1-2H3,(H,22,24)(H,25,26). The van der Waals surface area contributed by atoms with Crippen molar-refractivity contribution in [3.63, 3.8) is 0 Å². The third-order valence-corrected chi connectivity index (χ3v) is 4.93. The number of aryl methyl sites for hydroxylation is 1. The van der Waals surface area contributed by atoms with Crippen LogP contribution >= 0.6 is 11.8 Å². The van der Waals surface area contributed by atoms with Gasteiger partial charge < -0.3 is 10.4 Å². The molecule has 0 heterocycles. The van der Waals surface area contributed by atoms with Crippen molar-refractivity contribution < 1.29 is 19.5 Å². The van der Waals surface area contributed by atoms with Crippen molar-refractivity contribution >= 4 is 29.4 Å². The number of hydrogen-bond donors (Lipinski definition) is 2. The highest BCUT2D eigenvalue weighted by Gasteiger charge is 2.19. The van der Waals surface area contributed by atoms with E-state index < -0.39 is 12.0 Å². The first-order valence-corrected chi connectivity index (χ1v) is 9.86. The number of carboxylic acids is 1. The Balaban J connectivity index is 1.97. The minimum Gasteiger partial charge on any atom is -0.481 e. The number of Topliss-reactive ketones (excluding diaryl/α,β-unsaturated/α-hetero) is 1. The Morgan fingerprint density at radius 1 is 1.00 bits per heavy atom. The quantitative estimate of drug-likeness (QED) is 0.503. The molecule has 0 spiro atoms. The molecule has 1 atom stereocenters. The van der Waals surface area contributed by atoms with Crippen molar-refractivity contribution in [1.82, 2.24) is 5.32 Å². The molecule has 0 aliphatic carbocycles. The first-order valence-electron chi connectivity index (χ1n) is 8.64. The second-order valence-electron chi connectivity index (χ2n) is 6.28. The second-order valence-corrected chi connectivity index (χ2v) is 7.16. The van der Waals surface area contributed by atoms with Gasteiger partial charge >= 0.3 is 5.97 Å². The molecule has 0 saturated carbocycles. The lowest BCUT2D eigenvalue weighted by Crippen LogP contribution is -2.30. The number of thioether (sulfide) groups is 1. The third kappa shape index (κ3) is 6.57. The summed E-state index contributed by atoms with van der Waals surface area (Å²) in [6, 6.07) is 14.0. The van der Waals surface area contributed by atoms with Crippen LogP contribution in [0.25, 0.3) is 0 Å². The van der Waals surface area contributed by atoms with E-state index in [1.807, 2.05) is 49.6 Å². The summed E-state index contributed by atoms with van der Waals surface area (Å²) >= 11 is 1.59. The zero-order valence-electron chi connectivity index (χ0n) is 15.4. The molecule has 0 aromatic heterocycles. The van der Waals surface area contributed by atoms with Crippen LogP contribution in [-0.2, 0) is 9.59 Å². The number of ketones is 1. The van der Waals surface area contributed by atoms with E-state index in [0.717, 1.165) is 16.0 Å². The van der Waals surface area contributed by atoms with E-state index in [2.05, 4.69) is 5.32 Å². The topological polar surface area (TPSA) is 83.5 Å². The fraction of sp³-hybridized carbons (Fsp3) is 0.286. The van der Waals surface area contributed by atoms with Gasteiger partial charge in [0.2, 0.25) is 5.91 Å². The summed E-state index contributed by atoms with van der Waals surface area (Å²) in [5.74, 6) is -1.44. The van der Waals surface area contributed by atoms with Crippen LogP contribution in [0.5, 0.6) is 0 Å². The smallest absolute Gasteiger partial charge is 0.305 e. The van der Waals surface area contributed by atoms with Crippen LogP contribution in [0.4, 0.5) is 0 Å². The maximum absolute atomic E-state index is 12.3. The van der Waals surface area contributed by atoms with Gasteiger partial charge in [0.25, 0.3) is 0 Å². The van der Waals surface area contributed by atoms with Gasteiger partial charge in [-0.15, -0.1) is 11.8 Å². The van der Waals surface area contributed by atoms with Gasteiger partial charge in [0, 0.05) is 23.3 Å². The van der Waals surface area contributed by atoms with E-state index in [-0.39, 0.29) is 31.0 Å². The normalized spacial score (nSPS) is 11.6. The van der Waals surface area contributed by atoms with Gasteiger partial charge in [-0.2, -0.15) is 0 Å². The Bertz CT molecular complexity index is 800. The number of amides is 1. The molecule has 6 heteroatoms. The van der Waals surface area contributed by atoms with Gasteiger partial charge in [0.05, 0.1) is 12.5 Å². The SMILES string of the molecule is CSc1ccc(C(CC(=O)O)NC(=O)CCC(=O)c2ccc(C)cc2)cc1. The molecule has 27 heavy (non-hydrogen) atoms. The molecule has 0 aliphatic rings. The van der Waals surface area contributed by atoms with Gasteiger partial charge in [0.15, 0.2) is 5.78 Å². The average Bonchev–Trinajstić information content (AvgIpc) is 2.66. The van der Waals surface area contributed by atoms with Crippen LogP contribution in [0.2, 0.25) is 0 Å². The molecule has 0 saturated heterocycles. The Morgan fingerprint density at radius 3 is 2.19 bits per heavy atom. The van der Waals surface area contributed by atoms with E-state index in [1.165, 1.54) is 0 Å². The summed E-state index contributed by atoms with van der Waals surface area (Å²) < 4.78 is 0. The van der Waals surface area contributed by atoms with Crippen LogP contribution in [-0.4, -0.2) is 29.0 Å². The van der Waals surface area contributed by atoms with Gasteiger partial charge in [-0.1, -0.05) is 42.0 Å². The number of nitrogens with one attached hydrogen (secondary N) is 1. The minimum atomic E-state index is -0.995. The molecule has 2 aromatic rings. The van der Waals surface area contributed by atoms with E-state index in [9.17, 15) is 14.4 Å². The Labute approximate surface area is 163 Å². The second kappa shape index (κ2) is 9.92. The zero-order chi connectivity index (χ0) is 19.8. The number of rotatable bonds is 9. The summed E-state index contributed by atoms with van der Waals surface area (Å²) in [6.07, 6.45) is 1.85. The monoisotopic (exact) mass is 385 g/mol. The highest BCUT2D eigenvalue weighted by molar-refractivity contribution is 7.98. The maximum Gasteiger partial charge on any atom is 0.305 e. The predicted molar refractivity (Wildman–Crippen MR) is 106 cm³/mol. The lowest BCUT2D eigenvalue weighted by Gasteiger charge is -2.18. The Hall–Kier alpha value is -2.60. The molecule has 5 nitrogen and oxygen atoms in total. The van der Waals surface area contributed by atoms with Crippen molar-refractivity contribution in [1.29, 1.82) is 0 Å². The predicted octanol–water partition coefficient (Wildman–Crippen LogP) is 4.01. The van der Waals surface area contributed by atoms with Gasteiger partial charge in [-0.3, -0.25) is 14.4 Å². The largest absolute Gasteiger partial charge is 0.481 e. The highest BCUT2D eigenvalue weighted by Crippen LogP contribution is 2.21. The van der Waals surface area contributed by atoms with E-state index in [1.54, 1.807) is 23.9 Å². The summed E-state index contributed by atoms with van der Waals surface area (Å²) in [6.45, 7) is 1.94. The molecule has 1 unspecified atom stereocenters. The van der Waals surface area contributed by atoms with Crippen molar-refractivity contribution in [2.45, 2.75) is 37.1 Å². The molecule has 0 aliphatic heterocycles. The summed E-state index contributed by atoms with van der Waals surface area (Å²) in [7, 11) is 0. The fourth-order valence-corrected chi connectivity index (χ4v) is 3.05. The number of hydrogen-bond acceptors (Lipinski definition) is 4. The molecule has 2 N–H and O–H groups in total. The van der Waals surface area contributed by atoms with Crippen LogP contribution in [0.15, 0.2) is 53.4 Å². The van der Waals surface area contributed by atoms with Crippen LogP contribution in [0, 0.1) is 6.92 Å². The van der Waals surface area contributed by atoms with Gasteiger partial charge in [-0.05, 0) is 30.9 Å². The van der Waals surface area contributed by atoms with Crippen molar-refractivity contribution in [2.75, 3.05) is 6.26 Å². The molecule has 2 rings (SSSR count). The zero-order valence-corrected chi connectivity index (χ0v) is 16.2. The summed E-state index contributed by atoms with van der Waals surface area (Å²) in [5.41, 5.74) is 2.37. The first-order chi connectivity index (χ1) is 12.9. The van der Waals surface area contributed by atoms with E-state index >= 15 is 0 Å². The van der Waals surface area contributed by atoms with Crippen molar-refractivity contribution in [3.05, 3.63) is 65.2 Å². The highest BCUT2D eigenvalue weighted by atomic mass is 32.2. The molecule has 1 amide bonds. The molecule has 142 valence electrons. The van der Waals surface area contributed by atoms with Crippen molar-refractivity contribution in [2.24, 2.45) is 0 Å². The average molecular weight is 385 g/mol. The molecule has 0 bridgehead atoms. The third-order valence-electron chi connectivity index (χ3n) is 4.18.